The monoisotopic (exact) mass is 448 g/mol. The van der Waals surface area contributed by atoms with Crippen molar-refractivity contribution in [3.63, 3.8) is 0 Å². The van der Waals surface area contributed by atoms with Gasteiger partial charge in [0.15, 0.2) is 0 Å². The van der Waals surface area contributed by atoms with Gasteiger partial charge < -0.3 is 19.7 Å². The number of benzene rings is 2. The largest absolute Gasteiger partial charge is 0.496 e. The van der Waals surface area contributed by atoms with Crippen molar-refractivity contribution < 1.29 is 23.5 Å². The Hall–Kier alpha value is -2.64. The van der Waals surface area contributed by atoms with E-state index in [4.69, 9.17) is 21.1 Å². The molecule has 2 aromatic carbocycles. The zero-order chi connectivity index (χ0) is 22.5. The first-order valence-corrected chi connectivity index (χ1v) is 10.5. The van der Waals surface area contributed by atoms with Gasteiger partial charge in [0, 0.05) is 18.7 Å². The fourth-order valence-corrected chi connectivity index (χ4v) is 4.13. The Morgan fingerprint density at radius 3 is 2.55 bits per heavy atom. The zero-order valence-corrected chi connectivity index (χ0v) is 18.5. The molecule has 0 bridgehead atoms. The van der Waals surface area contributed by atoms with Crippen LogP contribution in [0.1, 0.15) is 41.8 Å². The number of amides is 2. The molecule has 2 amide bonds. The lowest BCUT2D eigenvalue weighted by atomic mass is 10.0. The molecule has 2 aromatic rings. The van der Waals surface area contributed by atoms with E-state index in [2.05, 4.69) is 5.32 Å². The number of hydrogen-bond donors (Lipinski definition) is 1. The van der Waals surface area contributed by atoms with Crippen molar-refractivity contribution in [2.24, 2.45) is 0 Å². The van der Waals surface area contributed by atoms with Crippen molar-refractivity contribution >= 4 is 23.4 Å². The van der Waals surface area contributed by atoms with Crippen molar-refractivity contribution in [1.82, 2.24) is 10.2 Å². The normalized spacial score (nSPS) is 17.8. The maximum absolute atomic E-state index is 13.2. The Morgan fingerprint density at radius 1 is 1.19 bits per heavy atom. The number of nitrogens with one attached hydrogen (secondary N) is 1. The average Bonchev–Trinajstić information content (AvgIpc) is 3.25. The highest BCUT2D eigenvalue weighted by Crippen LogP contribution is 2.28. The summed E-state index contributed by atoms with van der Waals surface area (Å²) < 4.78 is 24.1. The molecule has 1 aliphatic rings. The summed E-state index contributed by atoms with van der Waals surface area (Å²) in [5.41, 5.74) is 1.07. The summed E-state index contributed by atoms with van der Waals surface area (Å²) in [6.07, 6.45) is 0.817. The van der Waals surface area contributed by atoms with Gasteiger partial charge in [0.25, 0.3) is 5.91 Å². The van der Waals surface area contributed by atoms with Gasteiger partial charge in [-0.1, -0.05) is 23.7 Å². The fraction of sp³-hybridized carbons (Fsp3) is 0.391. The number of methoxy groups -OCH3 is 2. The average molecular weight is 449 g/mol. The van der Waals surface area contributed by atoms with Crippen LogP contribution in [0.4, 0.5) is 4.39 Å². The van der Waals surface area contributed by atoms with Crippen LogP contribution in [0.25, 0.3) is 0 Å². The van der Waals surface area contributed by atoms with Crippen molar-refractivity contribution in [3.05, 3.63) is 64.4 Å². The van der Waals surface area contributed by atoms with Gasteiger partial charge >= 0.3 is 0 Å². The van der Waals surface area contributed by atoms with Gasteiger partial charge in [-0.3, -0.25) is 9.59 Å². The van der Waals surface area contributed by atoms with E-state index < -0.39 is 12.1 Å². The second-order valence-electron chi connectivity index (χ2n) is 7.51. The van der Waals surface area contributed by atoms with E-state index in [1.807, 2.05) is 6.92 Å². The minimum atomic E-state index is -0.607. The molecule has 166 valence electrons. The van der Waals surface area contributed by atoms with Crippen LogP contribution in [-0.2, 0) is 9.53 Å². The predicted octanol–water partition coefficient (Wildman–Crippen LogP) is 3.98. The maximum Gasteiger partial charge on any atom is 0.258 e. The van der Waals surface area contributed by atoms with Crippen molar-refractivity contribution in [2.45, 2.75) is 38.0 Å². The van der Waals surface area contributed by atoms with Gasteiger partial charge in [-0.2, -0.15) is 0 Å². The lowest BCUT2D eigenvalue weighted by Crippen LogP contribution is -2.49. The summed E-state index contributed by atoms with van der Waals surface area (Å²) in [5.74, 6) is -0.494. The first-order valence-electron chi connectivity index (χ1n) is 10.1. The van der Waals surface area contributed by atoms with Crippen molar-refractivity contribution in [3.8, 4) is 5.75 Å². The summed E-state index contributed by atoms with van der Waals surface area (Å²) in [6.45, 7) is 2.28. The topological polar surface area (TPSA) is 67.9 Å². The molecule has 0 spiro atoms. The molecule has 0 aromatic heterocycles. The lowest BCUT2D eigenvalue weighted by Gasteiger charge is -2.29. The first kappa shape index (κ1) is 23.0. The van der Waals surface area contributed by atoms with E-state index in [9.17, 15) is 14.0 Å². The van der Waals surface area contributed by atoms with E-state index in [0.29, 0.717) is 35.7 Å². The number of carbonyl (C=O) groups is 2. The summed E-state index contributed by atoms with van der Waals surface area (Å²) >= 11 is 6.07. The number of nitrogens with zero attached hydrogens (tertiary/aromatic N) is 1. The highest BCUT2D eigenvalue weighted by molar-refractivity contribution is 6.31. The van der Waals surface area contributed by atoms with E-state index in [-0.39, 0.29) is 23.7 Å². The van der Waals surface area contributed by atoms with Crippen LogP contribution in [-0.4, -0.2) is 49.6 Å². The van der Waals surface area contributed by atoms with E-state index in [1.165, 1.54) is 26.4 Å². The number of rotatable bonds is 7. The second kappa shape index (κ2) is 10.1. The Balaban J connectivity index is 1.74. The highest BCUT2D eigenvalue weighted by Gasteiger charge is 2.36. The Morgan fingerprint density at radius 2 is 1.90 bits per heavy atom. The van der Waals surface area contributed by atoms with Crippen LogP contribution in [0.5, 0.6) is 5.75 Å². The predicted molar refractivity (Wildman–Crippen MR) is 116 cm³/mol. The second-order valence-corrected chi connectivity index (χ2v) is 7.94. The molecule has 0 radical (unpaired) electrons. The molecule has 0 unspecified atom stereocenters. The maximum atomic E-state index is 13.2. The minimum absolute atomic E-state index is 0.261. The van der Waals surface area contributed by atoms with E-state index in [1.54, 1.807) is 35.2 Å². The molecular weight excluding hydrogens is 423 g/mol. The highest BCUT2D eigenvalue weighted by atomic mass is 35.5. The molecule has 1 aliphatic heterocycles. The van der Waals surface area contributed by atoms with Crippen molar-refractivity contribution in [2.75, 3.05) is 20.8 Å². The summed E-state index contributed by atoms with van der Waals surface area (Å²) in [5, 5.41) is 3.37. The van der Waals surface area contributed by atoms with Gasteiger partial charge in [-0.25, -0.2) is 4.39 Å². The molecule has 1 saturated heterocycles. The van der Waals surface area contributed by atoms with Gasteiger partial charge in [-0.05, 0) is 55.7 Å². The Kier molecular flexibility index (Phi) is 7.51. The third kappa shape index (κ3) is 5.17. The molecule has 0 aliphatic carbocycles. The quantitative estimate of drug-likeness (QED) is 0.695. The Bertz CT molecular complexity index is 938. The van der Waals surface area contributed by atoms with Crippen molar-refractivity contribution in [1.29, 1.82) is 0 Å². The van der Waals surface area contributed by atoms with Gasteiger partial charge in [-0.15, -0.1) is 0 Å². The molecule has 1 heterocycles. The molecular formula is C23H26ClFN2O4. The van der Waals surface area contributed by atoms with Crippen LogP contribution in [0.2, 0.25) is 5.02 Å². The van der Waals surface area contributed by atoms with Crippen LogP contribution in [0.15, 0.2) is 42.5 Å². The summed E-state index contributed by atoms with van der Waals surface area (Å²) in [6, 6.07) is 9.80. The molecule has 6 nitrogen and oxygen atoms in total. The molecule has 0 saturated carbocycles. The minimum Gasteiger partial charge on any atom is -0.496 e. The molecule has 31 heavy (non-hydrogen) atoms. The standard InChI is InChI=1S/C23H26ClFN2O4/c1-14(21(31-3)15-6-9-17(25)10-7-15)26-22(28)19-5-4-12-27(19)23(29)18-13-16(24)8-11-20(18)30-2/h6-11,13-14,19,21H,4-5,12H2,1-3H3,(H,26,28)/t14-,19+,21-/m0/s1. The molecule has 3 atom stereocenters. The van der Waals surface area contributed by atoms with Crippen LogP contribution in [0.3, 0.4) is 0 Å². The number of halogens is 2. The number of ether oxygens (including phenoxy) is 2. The molecule has 8 heteroatoms. The molecule has 1 N–H and O–H groups in total. The van der Waals surface area contributed by atoms with E-state index >= 15 is 0 Å². The smallest absolute Gasteiger partial charge is 0.258 e. The SMILES string of the molecule is COc1ccc(Cl)cc1C(=O)N1CCC[C@@H]1C(=O)N[C@@H](C)[C@H](OC)c1ccc(F)cc1. The van der Waals surface area contributed by atoms with Gasteiger partial charge in [0.1, 0.15) is 23.7 Å². The third-order valence-corrected chi connectivity index (χ3v) is 5.72. The van der Waals surface area contributed by atoms with Gasteiger partial charge in [0.05, 0.1) is 18.7 Å². The molecule has 3 rings (SSSR count). The van der Waals surface area contributed by atoms with E-state index in [0.717, 1.165) is 5.56 Å². The van der Waals surface area contributed by atoms with Crippen LogP contribution in [0, 0.1) is 5.82 Å². The van der Waals surface area contributed by atoms with Crippen LogP contribution >= 0.6 is 11.6 Å². The number of hydrogen-bond acceptors (Lipinski definition) is 4. The lowest BCUT2D eigenvalue weighted by molar-refractivity contribution is -0.126. The summed E-state index contributed by atoms with van der Waals surface area (Å²) in [4.78, 5) is 27.8. The molecule has 1 fully saturated rings. The number of likely N-dealkylation sites (tertiary alicyclic amines) is 1. The van der Waals surface area contributed by atoms with Gasteiger partial charge in [0.2, 0.25) is 5.91 Å². The third-order valence-electron chi connectivity index (χ3n) is 5.48. The first-order chi connectivity index (χ1) is 14.8. The van der Waals surface area contributed by atoms with Crippen LogP contribution < -0.4 is 10.1 Å². The fourth-order valence-electron chi connectivity index (χ4n) is 3.96. The summed E-state index contributed by atoms with van der Waals surface area (Å²) in [7, 11) is 3.02. The zero-order valence-electron chi connectivity index (χ0n) is 17.7. The number of carbonyl (C=O) groups excluding carboxylic acids is 2. The Labute approximate surface area is 186 Å².